The van der Waals surface area contributed by atoms with Crippen molar-refractivity contribution in [3.63, 3.8) is 0 Å². The molecule has 86 heavy (non-hydrogen) atoms. The Morgan fingerprint density at radius 2 is 1.16 bits per heavy atom. The quantitative estimate of drug-likeness (QED) is 0.0903. The maximum Gasteiger partial charge on any atom is 0.268 e. The average molecular weight is 1300 g/mol. The van der Waals surface area contributed by atoms with Crippen molar-refractivity contribution in [1.82, 2.24) is 18.7 Å². The summed E-state index contributed by atoms with van der Waals surface area (Å²) in [5, 5.41) is 4.46. The van der Waals surface area contributed by atoms with E-state index < -0.39 is 18.1 Å². The molecule has 14 aromatic rings. The molecule has 0 saturated carbocycles. The predicted molar refractivity (Wildman–Crippen MR) is 351 cm³/mol. The maximum atomic E-state index is 9.43. The molecule has 6 nitrogen and oxygen atoms in total. The van der Waals surface area contributed by atoms with Gasteiger partial charge >= 0.3 is 0 Å². The Bertz CT molecular complexity index is 5070. The molecule has 7 heteroatoms. The van der Waals surface area contributed by atoms with Gasteiger partial charge in [-0.25, -0.2) is 4.98 Å². The molecule has 14 rings (SSSR count). The second-order valence-electron chi connectivity index (χ2n) is 24.3. The van der Waals surface area contributed by atoms with Gasteiger partial charge in [-0.1, -0.05) is 206 Å². The largest absolute Gasteiger partial charge is 0.510 e. The van der Waals surface area contributed by atoms with Crippen molar-refractivity contribution >= 4 is 54.6 Å². The van der Waals surface area contributed by atoms with E-state index in [1.54, 1.807) is 0 Å². The second-order valence-corrected chi connectivity index (χ2v) is 24.3. The molecule has 0 aliphatic heterocycles. The first kappa shape index (κ1) is 50.3. The number of imidazole rings is 1. The van der Waals surface area contributed by atoms with Crippen molar-refractivity contribution in [2.45, 2.75) is 85.0 Å². The number of pyridine rings is 1. The third kappa shape index (κ3) is 10.0. The van der Waals surface area contributed by atoms with E-state index in [0.29, 0.717) is 34.4 Å². The Morgan fingerprint density at radius 1 is 0.523 bits per heavy atom. The van der Waals surface area contributed by atoms with Gasteiger partial charge in [-0.2, -0.15) is 18.2 Å². The van der Waals surface area contributed by atoms with Crippen LogP contribution in [0.1, 0.15) is 97.7 Å². The van der Waals surface area contributed by atoms with Gasteiger partial charge in [-0.15, -0.1) is 29.7 Å². The van der Waals surface area contributed by atoms with Crippen molar-refractivity contribution in [2.24, 2.45) is 0 Å². The van der Waals surface area contributed by atoms with E-state index in [-0.39, 0.29) is 49.5 Å². The van der Waals surface area contributed by atoms with Gasteiger partial charge in [-0.3, -0.25) is 4.57 Å². The number of hydrogen-bond acceptors (Lipinski definition) is 2. The molecule has 0 N–H and O–H groups in total. The van der Waals surface area contributed by atoms with Gasteiger partial charge in [0.25, 0.3) is 6.33 Å². The summed E-state index contributed by atoms with van der Waals surface area (Å²) in [6.45, 7) is 17.8. The summed E-state index contributed by atoms with van der Waals surface area (Å²) in [7, 11) is 0. The zero-order valence-corrected chi connectivity index (χ0v) is 51.8. The van der Waals surface area contributed by atoms with Crippen LogP contribution in [0.25, 0.3) is 111 Å². The van der Waals surface area contributed by atoms with Crippen molar-refractivity contribution in [2.75, 3.05) is 0 Å². The van der Waals surface area contributed by atoms with Crippen LogP contribution in [0.15, 0.2) is 231 Å². The van der Waals surface area contributed by atoms with E-state index in [1.165, 1.54) is 16.3 Å². The van der Waals surface area contributed by atoms with Crippen LogP contribution >= 0.6 is 0 Å². The minimum atomic E-state index is -0.454. The third-order valence-corrected chi connectivity index (χ3v) is 16.9. The minimum absolute atomic E-state index is 0. The minimum Gasteiger partial charge on any atom is -0.510 e. The number of ether oxygens (including phenoxy) is 1. The summed E-state index contributed by atoms with van der Waals surface area (Å²) in [5.41, 5.74) is 15.2. The standard InChI is InChI=1S/C79H67N5O.Pt/c1-9-52(10-2)56-41-42-80-76(46-56)84-72-40-36-61(83-70-33-19-17-29-66(70)67-30-18-20-34-71(67)83)49-69(72)68-38-37-63(50-74(68)84)85-62-28-21-27-60(48-62)81-51-82(75-45-55(35-39-73(75)81)53-23-13-11-14-24-53)77-64(54-25-15-12-16-26-54)31-22-32-65(77)57-43-58(78(3,4)5)47-59(44-57)79(6,7)8;/h11-47,49,52H,9-10H2,1-8H3;/q-2;/i12D,15D,16D,25D,26D;. The predicted octanol–water partition coefficient (Wildman–Crippen LogP) is 20.2. The van der Waals surface area contributed by atoms with Crippen molar-refractivity contribution in [3.8, 4) is 67.8 Å². The summed E-state index contributed by atoms with van der Waals surface area (Å²) in [6, 6.07) is 72.7. The molecular formula is C79H67N5OPt-2. The SMILES string of the molecule is [2H]c1c([2H])c([2H])c(-c2cccc(-c3cc(C(C)(C)C)cc(C(C)(C)C)c3)c2-[n+]2[c-]n(-c3[c-]c(Oc4[c-]c5c(cc4)c4cc(-n6c7ccccc7c7ccccc76)ccc4n5-c4cc(C(CC)CC)ccn4)ccc3)c3ccc(-c4ccccc4)cc32)c([2H])c1[2H].[Pt]. The fourth-order valence-corrected chi connectivity index (χ4v) is 12.4. The normalized spacial score (nSPS) is 12.9. The van der Waals surface area contributed by atoms with Gasteiger partial charge < -0.3 is 18.4 Å². The first-order chi connectivity index (χ1) is 43.4. The molecule has 0 radical (unpaired) electrons. The molecule has 10 aromatic carbocycles. The number of rotatable bonds is 12. The molecule has 0 atom stereocenters. The van der Waals surface area contributed by atoms with Crippen LogP contribution in [0.5, 0.6) is 11.5 Å². The molecular weight excluding hydrogens is 1230 g/mol. The Balaban J connectivity index is 0.00000758. The van der Waals surface area contributed by atoms with Crippen LogP contribution < -0.4 is 9.30 Å². The molecule has 4 aromatic heterocycles. The van der Waals surface area contributed by atoms with Crippen molar-refractivity contribution in [1.29, 1.82) is 0 Å². The Kier molecular flexibility index (Phi) is 13.1. The van der Waals surface area contributed by atoms with E-state index >= 15 is 0 Å². The Labute approximate surface area is 525 Å². The molecule has 0 unspecified atom stereocenters. The molecule has 0 aliphatic carbocycles. The average Bonchev–Trinajstić information content (AvgIpc) is 1.69. The number of aromatic nitrogens is 5. The summed E-state index contributed by atoms with van der Waals surface area (Å²) in [4.78, 5) is 5.05. The smallest absolute Gasteiger partial charge is 0.268 e. The number of benzene rings is 10. The van der Waals surface area contributed by atoms with Gasteiger partial charge in [-0.05, 0) is 139 Å². The van der Waals surface area contributed by atoms with E-state index in [9.17, 15) is 2.74 Å². The zero-order chi connectivity index (χ0) is 62.5. The van der Waals surface area contributed by atoms with E-state index in [4.69, 9.17) is 13.8 Å². The molecule has 0 amide bonds. The van der Waals surface area contributed by atoms with Crippen LogP contribution in [-0.2, 0) is 31.9 Å². The Morgan fingerprint density at radius 3 is 1.86 bits per heavy atom. The van der Waals surface area contributed by atoms with Gasteiger partial charge in [0.1, 0.15) is 5.82 Å². The summed E-state index contributed by atoms with van der Waals surface area (Å²) >= 11 is 0. The fourth-order valence-electron chi connectivity index (χ4n) is 12.4. The molecule has 426 valence electrons. The van der Waals surface area contributed by atoms with E-state index in [1.807, 2.05) is 69.9 Å². The number of hydrogen-bond donors (Lipinski definition) is 0. The topological polar surface area (TPSA) is 40.8 Å². The van der Waals surface area contributed by atoms with Gasteiger partial charge in [0.15, 0.2) is 0 Å². The second kappa shape index (κ2) is 22.4. The Hall–Kier alpha value is -9.09. The van der Waals surface area contributed by atoms with Crippen LogP contribution in [0.2, 0.25) is 0 Å². The van der Waals surface area contributed by atoms with Gasteiger partial charge in [0.2, 0.25) is 0 Å². The fraction of sp³-hybridized carbons (Fsp3) is 0.165. The van der Waals surface area contributed by atoms with E-state index in [2.05, 4.69) is 223 Å². The van der Waals surface area contributed by atoms with Crippen LogP contribution in [0.4, 0.5) is 0 Å². The number of nitrogens with zero attached hydrogens (tertiary/aromatic N) is 5. The first-order valence-electron chi connectivity index (χ1n) is 32.0. The summed E-state index contributed by atoms with van der Waals surface area (Å²) in [5.74, 6) is 2.13. The first-order valence-corrected chi connectivity index (χ1v) is 29.5. The molecule has 0 saturated heterocycles. The monoisotopic (exact) mass is 1300 g/mol. The number of para-hydroxylation sites is 3. The van der Waals surface area contributed by atoms with Crippen LogP contribution in [0.3, 0.4) is 0 Å². The third-order valence-electron chi connectivity index (χ3n) is 16.9. The summed E-state index contributed by atoms with van der Waals surface area (Å²) < 4.78 is 60.8. The van der Waals surface area contributed by atoms with Crippen LogP contribution in [0, 0.1) is 18.5 Å². The molecule has 4 heterocycles. The van der Waals surface area contributed by atoms with Gasteiger partial charge in [0.05, 0.1) is 34.6 Å². The zero-order valence-electron chi connectivity index (χ0n) is 54.5. The molecule has 0 aliphatic rings. The summed E-state index contributed by atoms with van der Waals surface area (Å²) in [6.07, 6.45) is 7.73. The molecule has 0 spiro atoms. The molecule has 0 fully saturated rings. The van der Waals surface area contributed by atoms with Gasteiger partial charge in [0, 0.05) is 60.7 Å². The maximum absolute atomic E-state index is 9.43. The van der Waals surface area contributed by atoms with E-state index in [0.717, 1.165) is 102 Å². The molecule has 0 bridgehead atoms. The van der Waals surface area contributed by atoms with Crippen molar-refractivity contribution in [3.05, 3.63) is 266 Å². The van der Waals surface area contributed by atoms with Crippen molar-refractivity contribution < 1.29 is 37.2 Å². The number of fused-ring (bicyclic) bond motifs is 7. The van der Waals surface area contributed by atoms with Crippen LogP contribution in [-0.4, -0.2) is 18.7 Å².